The predicted molar refractivity (Wildman–Crippen MR) is 80.7 cm³/mol. The molecule has 1 aliphatic carbocycles. The molecule has 112 valence electrons. The van der Waals surface area contributed by atoms with Gasteiger partial charge in [-0.3, -0.25) is 0 Å². The Labute approximate surface area is 121 Å². The van der Waals surface area contributed by atoms with Gasteiger partial charge in [0.1, 0.15) is 0 Å². The van der Waals surface area contributed by atoms with Crippen molar-refractivity contribution in [2.24, 2.45) is 11.1 Å². The molecule has 0 aliphatic heterocycles. The number of nitrogens with one attached hydrogen (secondary N) is 1. The molecule has 0 aromatic heterocycles. The third-order valence-corrected chi connectivity index (χ3v) is 5.73. The van der Waals surface area contributed by atoms with E-state index in [1.165, 1.54) is 19.3 Å². The first-order valence-corrected chi connectivity index (χ1v) is 8.73. The summed E-state index contributed by atoms with van der Waals surface area (Å²) >= 11 is 0. The first-order chi connectivity index (χ1) is 9.47. The predicted octanol–water partition coefficient (Wildman–Crippen LogP) is 2.39. The van der Waals surface area contributed by atoms with Crippen LogP contribution in [0.3, 0.4) is 0 Å². The summed E-state index contributed by atoms with van der Waals surface area (Å²) < 4.78 is 27.6. The van der Waals surface area contributed by atoms with Crippen LogP contribution in [0.25, 0.3) is 0 Å². The first-order valence-electron chi connectivity index (χ1n) is 7.24. The molecule has 1 aromatic carbocycles. The molecule has 0 heterocycles. The number of benzene rings is 1. The molecular formula is C15H24N2O2S. The van der Waals surface area contributed by atoms with Gasteiger partial charge in [-0.1, -0.05) is 44.4 Å². The Balaban J connectivity index is 2.11. The van der Waals surface area contributed by atoms with Crippen molar-refractivity contribution in [3.05, 3.63) is 29.8 Å². The molecule has 0 amide bonds. The second kappa shape index (κ2) is 6.24. The van der Waals surface area contributed by atoms with Crippen molar-refractivity contribution < 1.29 is 8.42 Å². The SMILES string of the molecule is CC1(CNS(=O)(=O)c2ccccc2CN)CCCCC1. The molecule has 0 atom stereocenters. The lowest BCUT2D eigenvalue weighted by Crippen LogP contribution is -2.37. The van der Waals surface area contributed by atoms with E-state index in [1.54, 1.807) is 18.2 Å². The van der Waals surface area contributed by atoms with Crippen LogP contribution in [0.15, 0.2) is 29.2 Å². The average Bonchev–Trinajstić information content (AvgIpc) is 2.46. The average molecular weight is 296 g/mol. The normalized spacial score (nSPS) is 18.9. The maximum Gasteiger partial charge on any atom is 0.240 e. The summed E-state index contributed by atoms with van der Waals surface area (Å²) in [6.07, 6.45) is 5.83. The number of hydrogen-bond donors (Lipinski definition) is 2. The van der Waals surface area contributed by atoms with E-state index >= 15 is 0 Å². The van der Waals surface area contributed by atoms with Crippen LogP contribution < -0.4 is 10.5 Å². The van der Waals surface area contributed by atoms with Gasteiger partial charge in [-0.15, -0.1) is 0 Å². The van der Waals surface area contributed by atoms with E-state index in [0.717, 1.165) is 12.8 Å². The first kappa shape index (κ1) is 15.5. The summed E-state index contributed by atoms with van der Waals surface area (Å²) in [4.78, 5) is 0.307. The van der Waals surface area contributed by atoms with Gasteiger partial charge >= 0.3 is 0 Å². The maximum atomic E-state index is 12.4. The molecule has 20 heavy (non-hydrogen) atoms. The van der Waals surface area contributed by atoms with E-state index in [-0.39, 0.29) is 12.0 Å². The van der Waals surface area contributed by atoms with Gasteiger partial charge < -0.3 is 5.73 Å². The largest absolute Gasteiger partial charge is 0.326 e. The Morgan fingerprint density at radius 2 is 1.85 bits per heavy atom. The molecule has 1 saturated carbocycles. The Hall–Kier alpha value is -0.910. The molecule has 1 fully saturated rings. The van der Waals surface area contributed by atoms with Crippen LogP contribution in [0.5, 0.6) is 0 Å². The van der Waals surface area contributed by atoms with Gasteiger partial charge in [0.15, 0.2) is 0 Å². The van der Waals surface area contributed by atoms with E-state index in [4.69, 9.17) is 5.73 Å². The number of nitrogens with two attached hydrogens (primary N) is 1. The van der Waals surface area contributed by atoms with Gasteiger partial charge in [0.2, 0.25) is 10.0 Å². The fourth-order valence-corrected chi connectivity index (χ4v) is 4.31. The molecule has 1 aromatic rings. The molecular weight excluding hydrogens is 272 g/mol. The third kappa shape index (κ3) is 3.59. The quantitative estimate of drug-likeness (QED) is 0.876. The highest BCUT2D eigenvalue weighted by Crippen LogP contribution is 2.35. The Morgan fingerprint density at radius 3 is 2.50 bits per heavy atom. The monoisotopic (exact) mass is 296 g/mol. The van der Waals surface area contributed by atoms with Crippen molar-refractivity contribution >= 4 is 10.0 Å². The second-order valence-electron chi connectivity index (χ2n) is 6.01. The molecule has 3 N–H and O–H groups in total. The van der Waals surface area contributed by atoms with Crippen LogP contribution in [0.4, 0.5) is 0 Å². The molecule has 0 spiro atoms. The van der Waals surface area contributed by atoms with Crippen molar-refractivity contribution in [2.75, 3.05) is 6.54 Å². The van der Waals surface area contributed by atoms with Crippen LogP contribution in [-0.2, 0) is 16.6 Å². The van der Waals surface area contributed by atoms with E-state index in [1.807, 2.05) is 6.07 Å². The van der Waals surface area contributed by atoms with Gasteiger partial charge in [0, 0.05) is 13.1 Å². The summed E-state index contributed by atoms with van der Waals surface area (Å²) in [6.45, 7) is 2.91. The van der Waals surface area contributed by atoms with Gasteiger partial charge in [-0.25, -0.2) is 13.1 Å². The van der Waals surface area contributed by atoms with Crippen LogP contribution in [-0.4, -0.2) is 15.0 Å². The van der Waals surface area contributed by atoms with Crippen molar-refractivity contribution in [3.8, 4) is 0 Å². The number of hydrogen-bond acceptors (Lipinski definition) is 3. The Morgan fingerprint density at radius 1 is 1.20 bits per heavy atom. The van der Waals surface area contributed by atoms with Crippen LogP contribution >= 0.6 is 0 Å². The molecule has 5 heteroatoms. The summed E-state index contributed by atoms with van der Waals surface area (Å²) in [5.41, 5.74) is 6.37. The van der Waals surface area contributed by atoms with E-state index < -0.39 is 10.0 Å². The standard InChI is InChI=1S/C15H24N2O2S/c1-15(9-5-2-6-10-15)12-17-20(18,19)14-8-4-3-7-13(14)11-16/h3-4,7-8,17H,2,5-6,9-12,16H2,1H3. The lowest BCUT2D eigenvalue weighted by atomic mass is 9.76. The second-order valence-corrected chi connectivity index (χ2v) is 7.74. The lowest BCUT2D eigenvalue weighted by molar-refractivity contribution is 0.219. The fourth-order valence-electron chi connectivity index (χ4n) is 2.86. The maximum absolute atomic E-state index is 12.4. The van der Waals surface area contributed by atoms with E-state index in [0.29, 0.717) is 17.0 Å². The minimum absolute atomic E-state index is 0.0863. The molecule has 4 nitrogen and oxygen atoms in total. The van der Waals surface area contributed by atoms with E-state index in [2.05, 4.69) is 11.6 Å². The van der Waals surface area contributed by atoms with Gasteiger partial charge in [-0.2, -0.15) is 0 Å². The summed E-state index contributed by atoms with van der Waals surface area (Å²) in [5.74, 6) is 0. The highest BCUT2D eigenvalue weighted by molar-refractivity contribution is 7.89. The highest BCUT2D eigenvalue weighted by atomic mass is 32.2. The molecule has 1 aliphatic rings. The molecule has 0 bridgehead atoms. The van der Waals surface area contributed by atoms with Crippen LogP contribution in [0.2, 0.25) is 0 Å². The van der Waals surface area contributed by atoms with Crippen molar-refractivity contribution in [1.82, 2.24) is 4.72 Å². The summed E-state index contributed by atoms with van der Waals surface area (Å²) in [7, 11) is -3.47. The molecule has 0 saturated heterocycles. The zero-order chi connectivity index (χ0) is 14.6. The zero-order valence-electron chi connectivity index (χ0n) is 12.1. The summed E-state index contributed by atoms with van der Waals surface area (Å²) in [6, 6.07) is 6.92. The van der Waals surface area contributed by atoms with Gasteiger partial charge in [-0.05, 0) is 29.9 Å². The number of sulfonamides is 1. The van der Waals surface area contributed by atoms with Gasteiger partial charge in [0.05, 0.1) is 4.90 Å². The van der Waals surface area contributed by atoms with Crippen LogP contribution in [0.1, 0.15) is 44.6 Å². The third-order valence-electron chi connectivity index (χ3n) is 4.23. The van der Waals surface area contributed by atoms with Crippen molar-refractivity contribution in [2.45, 2.75) is 50.5 Å². The van der Waals surface area contributed by atoms with Crippen molar-refractivity contribution in [1.29, 1.82) is 0 Å². The van der Waals surface area contributed by atoms with E-state index in [9.17, 15) is 8.42 Å². The zero-order valence-corrected chi connectivity index (χ0v) is 12.9. The molecule has 0 radical (unpaired) electrons. The van der Waals surface area contributed by atoms with Crippen LogP contribution in [0, 0.1) is 5.41 Å². The molecule has 2 rings (SSSR count). The minimum Gasteiger partial charge on any atom is -0.326 e. The van der Waals surface area contributed by atoms with Gasteiger partial charge in [0.25, 0.3) is 0 Å². The lowest BCUT2D eigenvalue weighted by Gasteiger charge is -2.33. The number of rotatable bonds is 5. The minimum atomic E-state index is -3.47. The van der Waals surface area contributed by atoms with Crippen molar-refractivity contribution in [3.63, 3.8) is 0 Å². The molecule has 0 unspecified atom stereocenters. The Bertz CT molecular complexity index is 549. The summed E-state index contributed by atoms with van der Waals surface area (Å²) in [5, 5.41) is 0. The Kier molecular flexibility index (Phi) is 4.83. The fraction of sp³-hybridized carbons (Fsp3) is 0.600. The smallest absolute Gasteiger partial charge is 0.240 e. The topological polar surface area (TPSA) is 72.2 Å². The highest BCUT2D eigenvalue weighted by Gasteiger charge is 2.29.